The summed E-state index contributed by atoms with van der Waals surface area (Å²) in [4.78, 5) is 4.45. The molecule has 1 heterocycles. The third kappa shape index (κ3) is 2.14. The highest BCUT2D eigenvalue weighted by atomic mass is 19.1. The Kier molecular flexibility index (Phi) is 3.06. The van der Waals surface area contributed by atoms with Crippen molar-refractivity contribution < 1.29 is 8.91 Å². The Hall–Kier alpha value is -1.75. The molecule has 4 nitrogen and oxygen atoms in total. The largest absolute Gasteiger partial charge is 0.338 e. The Morgan fingerprint density at radius 2 is 1.89 bits per heavy atom. The fourth-order valence-electron chi connectivity index (χ4n) is 2.71. The molecule has 1 aromatic heterocycles. The van der Waals surface area contributed by atoms with Crippen molar-refractivity contribution in [2.45, 2.75) is 31.1 Å². The molecular formula is C14H16FN3O. The summed E-state index contributed by atoms with van der Waals surface area (Å²) >= 11 is 0. The molecule has 3 rings (SSSR count). The molecule has 0 atom stereocenters. The van der Waals surface area contributed by atoms with Crippen molar-refractivity contribution in [3.8, 4) is 11.4 Å². The lowest BCUT2D eigenvalue weighted by atomic mass is 9.86. The molecule has 2 N–H and O–H groups in total. The van der Waals surface area contributed by atoms with Crippen LogP contribution in [0.5, 0.6) is 0 Å². The van der Waals surface area contributed by atoms with Crippen LogP contribution in [0, 0.1) is 5.82 Å². The van der Waals surface area contributed by atoms with Crippen LogP contribution in [-0.4, -0.2) is 16.7 Å². The van der Waals surface area contributed by atoms with E-state index in [4.69, 9.17) is 10.3 Å². The first-order valence-electron chi connectivity index (χ1n) is 6.54. The van der Waals surface area contributed by atoms with Gasteiger partial charge < -0.3 is 10.3 Å². The molecular weight excluding hydrogens is 245 g/mol. The molecule has 5 heteroatoms. The molecule has 100 valence electrons. The fraction of sp³-hybridized carbons (Fsp3) is 0.429. The first kappa shape index (κ1) is 12.3. The number of nitrogens with zero attached hydrogens (tertiary/aromatic N) is 2. The number of benzene rings is 1. The van der Waals surface area contributed by atoms with Gasteiger partial charge in [0.15, 0.2) is 0 Å². The van der Waals surface area contributed by atoms with E-state index in [1.807, 2.05) is 0 Å². The SMILES string of the molecule is NCC1(c2nc(-c3ccc(F)cc3)no2)CCCC1. The summed E-state index contributed by atoms with van der Waals surface area (Å²) in [6.45, 7) is 0.526. The average Bonchev–Trinajstić information content (AvgIpc) is 3.09. The van der Waals surface area contributed by atoms with Crippen molar-refractivity contribution >= 4 is 0 Å². The molecule has 1 aromatic carbocycles. The Morgan fingerprint density at radius 1 is 1.21 bits per heavy atom. The van der Waals surface area contributed by atoms with Gasteiger partial charge >= 0.3 is 0 Å². The zero-order chi connectivity index (χ0) is 13.3. The molecule has 0 aliphatic heterocycles. The van der Waals surface area contributed by atoms with Crippen LogP contribution >= 0.6 is 0 Å². The molecule has 0 radical (unpaired) electrons. The molecule has 1 fully saturated rings. The normalized spacial score (nSPS) is 17.8. The summed E-state index contributed by atoms with van der Waals surface area (Å²) in [7, 11) is 0. The smallest absolute Gasteiger partial charge is 0.234 e. The van der Waals surface area contributed by atoms with E-state index in [1.54, 1.807) is 12.1 Å². The number of aromatic nitrogens is 2. The number of hydrogen-bond donors (Lipinski definition) is 1. The average molecular weight is 261 g/mol. The number of halogens is 1. The lowest BCUT2D eigenvalue weighted by Crippen LogP contribution is -2.32. The topological polar surface area (TPSA) is 64.9 Å². The second-order valence-electron chi connectivity index (χ2n) is 5.12. The summed E-state index contributed by atoms with van der Waals surface area (Å²) in [5.74, 6) is 0.836. The first-order valence-corrected chi connectivity index (χ1v) is 6.54. The van der Waals surface area contributed by atoms with Gasteiger partial charge in [-0.3, -0.25) is 0 Å². The van der Waals surface area contributed by atoms with Gasteiger partial charge in [-0.2, -0.15) is 4.98 Å². The van der Waals surface area contributed by atoms with Crippen molar-refractivity contribution in [1.29, 1.82) is 0 Å². The second kappa shape index (κ2) is 4.74. The molecule has 1 aliphatic rings. The maximum Gasteiger partial charge on any atom is 0.234 e. The number of rotatable bonds is 3. The van der Waals surface area contributed by atoms with E-state index in [2.05, 4.69) is 10.1 Å². The van der Waals surface area contributed by atoms with Gasteiger partial charge in [-0.15, -0.1) is 0 Å². The Labute approximate surface area is 110 Å². The number of hydrogen-bond acceptors (Lipinski definition) is 4. The Bertz CT molecular complexity index is 558. The van der Waals surface area contributed by atoms with Crippen LogP contribution in [0.3, 0.4) is 0 Å². The standard InChI is InChI=1S/C14H16FN3O/c15-11-5-3-10(4-6-11)12-17-13(19-18-12)14(9-16)7-1-2-8-14/h3-6H,1-2,7-9,16H2. The van der Waals surface area contributed by atoms with Gasteiger partial charge in [-0.1, -0.05) is 18.0 Å². The van der Waals surface area contributed by atoms with Gasteiger partial charge in [0.1, 0.15) is 5.82 Å². The summed E-state index contributed by atoms with van der Waals surface area (Å²) in [5, 5.41) is 3.99. The quantitative estimate of drug-likeness (QED) is 0.922. The first-order chi connectivity index (χ1) is 9.23. The van der Waals surface area contributed by atoms with E-state index in [9.17, 15) is 4.39 Å². The lowest BCUT2D eigenvalue weighted by molar-refractivity contribution is 0.284. The Balaban J connectivity index is 1.92. The van der Waals surface area contributed by atoms with Crippen LogP contribution < -0.4 is 5.73 Å². The zero-order valence-electron chi connectivity index (χ0n) is 10.6. The van der Waals surface area contributed by atoms with Gasteiger partial charge in [0.05, 0.1) is 5.41 Å². The highest BCUT2D eigenvalue weighted by Gasteiger charge is 2.39. The maximum atomic E-state index is 12.9. The van der Waals surface area contributed by atoms with E-state index in [0.29, 0.717) is 18.3 Å². The highest BCUT2D eigenvalue weighted by molar-refractivity contribution is 5.53. The predicted octanol–water partition coefficient (Wildman–Crippen LogP) is 2.65. The lowest BCUT2D eigenvalue weighted by Gasteiger charge is -2.21. The second-order valence-corrected chi connectivity index (χ2v) is 5.12. The van der Waals surface area contributed by atoms with Gasteiger partial charge in [-0.25, -0.2) is 4.39 Å². The van der Waals surface area contributed by atoms with Crippen LogP contribution in [0.1, 0.15) is 31.6 Å². The minimum atomic E-state index is -0.276. The van der Waals surface area contributed by atoms with Crippen LogP contribution in [-0.2, 0) is 5.41 Å². The number of nitrogens with two attached hydrogens (primary N) is 1. The van der Waals surface area contributed by atoms with Crippen LogP contribution in [0.4, 0.5) is 4.39 Å². The van der Waals surface area contributed by atoms with Crippen LogP contribution in [0.15, 0.2) is 28.8 Å². The summed E-state index contributed by atoms with van der Waals surface area (Å²) in [6, 6.07) is 6.07. The molecule has 19 heavy (non-hydrogen) atoms. The minimum absolute atomic E-state index is 0.161. The molecule has 0 spiro atoms. The molecule has 1 aliphatic carbocycles. The van der Waals surface area contributed by atoms with Crippen molar-refractivity contribution in [1.82, 2.24) is 10.1 Å². The molecule has 2 aromatic rings. The van der Waals surface area contributed by atoms with Gasteiger partial charge in [0.2, 0.25) is 11.7 Å². The highest BCUT2D eigenvalue weighted by Crippen LogP contribution is 2.39. The maximum absolute atomic E-state index is 12.9. The Morgan fingerprint density at radius 3 is 2.53 bits per heavy atom. The van der Waals surface area contributed by atoms with E-state index < -0.39 is 0 Å². The van der Waals surface area contributed by atoms with E-state index >= 15 is 0 Å². The van der Waals surface area contributed by atoms with E-state index in [0.717, 1.165) is 31.2 Å². The fourth-order valence-corrected chi connectivity index (χ4v) is 2.71. The van der Waals surface area contributed by atoms with Gasteiger partial charge in [0, 0.05) is 12.1 Å². The zero-order valence-corrected chi connectivity index (χ0v) is 10.6. The summed E-state index contributed by atoms with van der Waals surface area (Å²) in [5.41, 5.74) is 6.48. The predicted molar refractivity (Wildman–Crippen MR) is 68.9 cm³/mol. The van der Waals surface area contributed by atoms with E-state index in [-0.39, 0.29) is 11.2 Å². The molecule has 0 amide bonds. The summed E-state index contributed by atoms with van der Waals surface area (Å²) < 4.78 is 18.3. The third-order valence-electron chi connectivity index (χ3n) is 3.93. The van der Waals surface area contributed by atoms with Crippen LogP contribution in [0.25, 0.3) is 11.4 Å². The van der Waals surface area contributed by atoms with Crippen molar-refractivity contribution in [2.75, 3.05) is 6.54 Å². The van der Waals surface area contributed by atoms with Crippen molar-refractivity contribution in [3.05, 3.63) is 36.0 Å². The van der Waals surface area contributed by atoms with Crippen LogP contribution in [0.2, 0.25) is 0 Å². The molecule has 1 saturated carbocycles. The van der Waals surface area contributed by atoms with Gasteiger partial charge in [-0.05, 0) is 37.1 Å². The molecule has 0 saturated heterocycles. The third-order valence-corrected chi connectivity index (χ3v) is 3.93. The minimum Gasteiger partial charge on any atom is -0.338 e. The van der Waals surface area contributed by atoms with Crippen molar-refractivity contribution in [3.63, 3.8) is 0 Å². The van der Waals surface area contributed by atoms with Crippen molar-refractivity contribution in [2.24, 2.45) is 5.73 Å². The van der Waals surface area contributed by atoms with E-state index in [1.165, 1.54) is 12.1 Å². The van der Waals surface area contributed by atoms with Gasteiger partial charge in [0.25, 0.3) is 0 Å². The summed E-state index contributed by atoms with van der Waals surface area (Å²) in [6.07, 6.45) is 4.28. The molecule has 0 unspecified atom stereocenters. The monoisotopic (exact) mass is 261 g/mol. The molecule has 0 bridgehead atoms.